The second kappa shape index (κ2) is 6.79. The molecule has 0 radical (unpaired) electrons. The van der Waals surface area contributed by atoms with Crippen LogP contribution < -0.4 is 0 Å². The highest BCUT2D eigenvalue weighted by Gasteiger charge is 2.32. The zero-order valence-corrected chi connectivity index (χ0v) is 13.6. The Hall–Kier alpha value is -3.48. The molecule has 0 N–H and O–H groups in total. The molecule has 130 valence electrons. The molecule has 1 aromatic heterocycles. The minimum absolute atomic E-state index is 0.166. The third kappa shape index (κ3) is 3.19. The highest BCUT2D eigenvalue weighted by atomic mass is 16.6. The molecule has 2 aromatic carbocycles. The average Bonchev–Trinajstić information content (AvgIpc) is 3.16. The lowest BCUT2D eigenvalue weighted by atomic mass is 9.99. The Balaban J connectivity index is 1.39. The van der Waals surface area contributed by atoms with E-state index in [1.54, 1.807) is 18.2 Å². The number of cyclic esters (lactones) is 1. The van der Waals surface area contributed by atoms with Crippen molar-refractivity contribution in [2.75, 3.05) is 0 Å². The Morgan fingerprint density at radius 2 is 1.85 bits per heavy atom. The van der Waals surface area contributed by atoms with Gasteiger partial charge in [0.2, 0.25) is 12.0 Å². The first kappa shape index (κ1) is 16.0. The molecule has 0 bridgehead atoms. The van der Waals surface area contributed by atoms with Gasteiger partial charge in [-0.1, -0.05) is 36.4 Å². The second-order valence-corrected chi connectivity index (χ2v) is 5.73. The van der Waals surface area contributed by atoms with E-state index in [0.29, 0.717) is 11.5 Å². The van der Waals surface area contributed by atoms with Gasteiger partial charge in [0.15, 0.2) is 6.61 Å². The van der Waals surface area contributed by atoms with Crippen molar-refractivity contribution in [1.29, 1.82) is 0 Å². The van der Waals surface area contributed by atoms with E-state index in [9.17, 15) is 9.59 Å². The third-order valence-electron chi connectivity index (χ3n) is 3.98. The van der Waals surface area contributed by atoms with Crippen molar-refractivity contribution in [3.8, 4) is 11.5 Å². The van der Waals surface area contributed by atoms with E-state index in [1.807, 2.05) is 36.4 Å². The molecule has 7 heteroatoms. The molecule has 0 saturated heterocycles. The quantitative estimate of drug-likeness (QED) is 0.668. The van der Waals surface area contributed by atoms with E-state index in [0.717, 1.165) is 11.1 Å². The maximum atomic E-state index is 12.2. The van der Waals surface area contributed by atoms with Crippen molar-refractivity contribution >= 4 is 11.9 Å². The van der Waals surface area contributed by atoms with Gasteiger partial charge in [0.25, 0.3) is 5.89 Å². The fraction of sp³-hybridized carbons (Fsp3) is 0.158. The van der Waals surface area contributed by atoms with E-state index in [2.05, 4.69) is 10.2 Å². The topological polar surface area (TPSA) is 91.5 Å². The van der Waals surface area contributed by atoms with Gasteiger partial charge in [-0.3, -0.25) is 0 Å². The van der Waals surface area contributed by atoms with Crippen LogP contribution in [0, 0.1) is 0 Å². The number of carbonyl (C=O) groups is 2. The Morgan fingerprint density at radius 1 is 1.08 bits per heavy atom. The van der Waals surface area contributed by atoms with E-state index in [-0.39, 0.29) is 18.9 Å². The molecule has 0 saturated carbocycles. The second-order valence-electron chi connectivity index (χ2n) is 5.73. The SMILES string of the molecule is O=C1O[C@@H](C(=O)OCc2nnc(-c3ccccc3)o2)Cc2ccccc21. The summed E-state index contributed by atoms with van der Waals surface area (Å²) >= 11 is 0. The maximum absolute atomic E-state index is 12.2. The lowest BCUT2D eigenvalue weighted by molar-refractivity contribution is -0.156. The van der Waals surface area contributed by atoms with Crippen LogP contribution in [-0.4, -0.2) is 28.2 Å². The van der Waals surface area contributed by atoms with E-state index in [4.69, 9.17) is 13.9 Å². The number of ether oxygens (including phenoxy) is 2. The van der Waals surface area contributed by atoms with Crippen LogP contribution in [0.3, 0.4) is 0 Å². The van der Waals surface area contributed by atoms with Crippen LogP contribution in [0.4, 0.5) is 0 Å². The number of aromatic nitrogens is 2. The number of carbonyl (C=O) groups excluding carboxylic acids is 2. The van der Waals surface area contributed by atoms with Gasteiger partial charge in [-0.25, -0.2) is 9.59 Å². The molecule has 26 heavy (non-hydrogen) atoms. The normalized spacial score (nSPS) is 15.8. The molecule has 0 aliphatic carbocycles. The monoisotopic (exact) mass is 350 g/mol. The van der Waals surface area contributed by atoms with E-state index >= 15 is 0 Å². The van der Waals surface area contributed by atoms with Crippen LogP contribution in [0.1, 0.15) is 21.8 Å². The fourth-order valence-corrected chi connectivity index (χ4v) is 2.70. The zero-order chi connectivity index (χ0) is 17.9. The highest BCUT2D eigenvalue weighted by Crippen LogP contribution is 2.22. The number of benzene rings is 2. The zero-order valence-electron chi connectivity index (χ0n) is 13.6. The van der Waals surface area contributed by atoms with Gasteiger partial charge in [-0.2, -0.15) is 0 Å². The lowest BCUT2D eigenvalue weighted by Crippen LogP contribution is -2.35. The van der Waals surface area contributed by atoms with Crippen molar-refractivity contribution in [2.45, 2.75) is 19.1 Å². The summed E-state index contributed by atoms with van der Waals surface area (Å²) in [5, 5.41) is 7.78. The van der Waals surface area contributed by atoms with Crippen LogP contribution in [0.15, 0.2) is 59.0 Å². The van der Waals surface area contributed by atoms with Crippen LogP contribution >= 0.6 is 0 Å². The van der Waals surface area contributed by atoms with Crippen molar-refractivity contribution in [3.63, 3.8) is 0 Å². The summed E-state index contributed by atoms with van der Waals surface area (Å²) in [5.74, 6) is -0.667. The van der Waals surface area contributed by atoms with Crippen LogP contribution in [0.2, 0.25) is 0 Å². The first-order valence-electron chi connectivity index (χ1n) is 8.04. The largest absolute Gasteiger partial charge is 0.453 e. The number of hydrogen-bond donors (Lipinski definition) is 0. The molecule has 0 fully saturated rings. The first-order valence-corrected chi connectivity index (χ1v) is 8.04. The molecule has 1 aliphatic rings. The predicted molar refractivity (Wildman–Crippen MR) is 88.9 cm³/mol. The lowest BCUT2D eigenvalue weighted by Gasteiger charge is -2.22. The summed E-state index contributed by atoms with van der Waals surface area (Å²) in [6, 6.07) is 16.3. The number of rotatable bonds is 4. The maximum Gasteiger partial charge on any atom is 0.348 e. The van der Waals surface area contributed by atoms with Gasteiger partial charge in [0.05, 0.1) is 5.56 Å². The summed E-state index contributed by atoms with van der Waals surface area (Å²) in [5.41, 5.74) is 2.01. The van der Waals surface area contributed by atoms with E-state index < -0.39 is 18.0 Å². The molecular weight excluding hydrogens is 336 g/mol. The van der Waals surface area contributed by atoms with Gasteiger partial charge in [0.1, 0.15) is 0 Å². The van der Waals surface area contributed by atoms with Gasteiger partial charge < -0.3 is 13.9 Å². The predicted octanol–water partition coefficient (Wildman–Crippen LogP) is 2.56. The van der Waals surface area contributed by atoms with Crippen LogP contribution in [-0.2, 0) is 27.3 Å². The molecule has 7 nitrogen and oxygen atoms in total. The summed E-state index contributed by atoms with van der Waals surface area (Å²) in [7, 11) is 0. The van der Waals surface area contributed by atoms with Crippen molar-refractivity contribution < 1.29 is 23.5 Å². The third-order valence-corrected chi connectivity index (χ3v) is 3.98. The summed E-state index contributed by atoms with van der Waals surface area (Å²) in [6.45, 7) is -0.186. The average molecular weight is 350 g/mol. The van der Waals surface area contributed by atoms with Gasteiger partial charge in [0, 0.05) is 12.0 Å². The molecule has 4 rings (SSSR count). The van der Waals surface area contributed by atoms with Crippen LogP contribution in [0.25, 0.3) is 11.5 Å². The van der Waals surface area contributed by atoms with Crippen molar-refractivity contribution in [1.82, 2.24) is 10.2 Å². The summed E-state index contributed by atoms with van der Waals surface area (Å²) in [6.07, 6.45) is -0.700. The standard InChI is InChI=1S/C19H14N2O5/c22-18-14-9-5-4-8-13(14)10-15(25-18)19(23)24-11-16-20-21-17(26-16)12-6-2-1-3-7-12/h1-9,15H,10-11H2/t15-/m1/s1. The molecule has 2 heterocycles. The number of fused-ring (bicyclic) bond motifs is 1. The molecular formula is C19H14N2O5. The van der Waals surface area contributed by atoms with Crippen LogP contribution in [0.5, 0.6) is 0 Å². The number of esters is 2. The molecule has 1 atom stereocenters. The molecule has 3 aromatic rings. The molecule has 0 amide bonds. The molecule has 0 spiro atoms. The van der Waals surface area contributed by atoms with Gasteiger partial charge in [-0.05, 0) is 23.8 Å². The van der Waals surface area contributed by atoms with Crippen molar-refractivity contribution in [3.05, 3.63) is 71.6 Å². The van der Waals surface area contributed by atoms with E-state index in [1.165, 1.54) is 0 Å². The smallest absolute Gasteiger partial charge is 0.348 e. The Bertz CT molecular complexity index is 951. The number of nitrogens with zero attached hydrogens (tertiary/aromatic N) is 2. The first-order chi connectivity index (χ1) is 12.7. The Morgan fingerprint density at radius 3 is 2.69 bits per heavy atom. The number of hydrogen-bond acceptors (Lipinski definition) is 7. The summed E-state index contributed by atoms with van der Waals surface area (Å²) < 4.78 is 15.8. The minimum Gasteiger partial charge on any atom is -0.453 e. The minimum atomic E-state index is -0.978. The molecule has 1 aliphatic heterocycles. The highest BCUT2D eigenvalue weighted by molar-refractivity contribution is 5.94. The van der Waals surface area contributed by atoms with Gasteiger partial charge >= 0.3 is 11.9 Å². The fourth-order valence-electron chi connectivity index (χ4n) is 2.70. The Kier molecular flexibility index (Phi) is 4.18. The Labute approximate surface area is 148 Å². The molecule has 0 unspecified atom stereocenters. The van der Waals surface area contributed by atoms with Crippen molar-refractivity contribution in [2.24, 2.45) is 0 Å². The van der Waals surface area contributed by atoms with Gasteiger partial charge in [-0.15, -0.1) is 10.2 Å². The summed E-state index contributed by atoms with van der Waals surface area (Å²) in [4.78, 5) is 24.2.